The van der Waals surface area contributed by atoms with Crippen LogP contribution >= 0.6 is 0 Å². The van der Waals surface area contributed by atoms with Crippen LogP contribution < -0.4 is 15.4 Å². The minimum atomic E-state index is -0.303. The van der Waals surface area contributed by atoms with E-state index >= 15 is 0 Å². The molecule has 10 heteroatoms. The van der Waals surface area contributed by atoms with E-state index in [0.29, 0.717) is 12.2 Å². The SMILES string of the molecule is Cn1cnc2ncnc(N3CCN(c4ccc(=O)n(Cc5ccc(F)cc5)n4)CC3)c21. The van der Waals surface area contributed by atoms with E-state index in [1.165, 1.54) is 22.9 Å². The fourth-order valence-corrected chi connectivity index (χ4v) is 3.83. The van der Waals surface area contributed by atoms with Gasteiger partial charge in [-0.3, -0.25) is 4.79 Å². The van der Waals surface area contributed by atoms with Crippen LogP contribution in [0.15, 0.2) is 53.8 Å². The highest BCUT2D eigenvalue weighted by Crippen LogP contribution is 2.23. The highest BCUT2D eigenvalue weighted by Gasteiger charge is 2.22. The van der Waals surface area contributed by atoms with Crippen molar-refractivity contribution in [2.75, 3.05) is 36.0 Å². The fourth-order valence-electron chi connectivity index (χ4n) is 3.83. The Labute approximate surface area is 177 Å². The second kappa shape index (κ2) is 7.78. The zero-order valence-electron chi connectivity index (χ0n) is 17.0. The smallest absolute Gasteiger partial charge is 0.267 e. The maximum Gasteiger partial charge on any atom is 0.267 e. The Kier molecular flexibility index (Phi) is 4.81. The molecule has 3 aromatic heterocycles. The largest absolute Gasteiger partial charge is 0.352 e. The molecular weight excluding hydrogens is 399 g/mol. The Morgan fingerprint density at radius 3 is 2.45 bits per heavy atom. The third-order valence-corrected chi connectivity index (χ3v) is 5.49. The quantitative estimate of drug-likeness (QED) is 0.494. The molecule has 0 aliphatic carbocycles. The molecule has 31 heavy (non-hydrogen) atoms. The summed E-state index contributed by atoms with van der Waals surface area (Å²) in [5.74, 6) is 1.32. The van der Waals surface area contributed by atoms with E-state index in [-0.39, 0.29) is 11.4 Å². The van der Waals surface area contributed by atoms with Crippen molar-refractivity contribution in [3.63, 3.8) is 0 Å². The second-order valence-corrected chi connectivity index (χ2v) is 7.51. The highest BCUT2D eigenvalue weighted by atomic mass is 19.1. The molecule has 5 rings (SSSR count). The van der Waals surface area contributed by atoms with Gasteiger partial charge in [-0.25, -0.2) is 24.0 Å². The van der Waals surface area contributed by atoms with E-state index in [9.17, 15) is 9.18 Å². The van der Waals surface area contributed by atoms with Gasteiger partial charge < -0.3 is 14.4 Å². The average Bonchev–Trinajstić information content (AvgIpc) is 3.18. The van der Waals surface area contributed by atoms with E-state index < -0.39 is 0 Å². The van der Waals surface area contributed by atoms with Gasteiger partial charge in [0.1, 0.15) is 23.5 Å². The number of aryl methyl sites for hydroxylation is 1. The normalized spacial score (nSPS) is 14.4. The Morgan fingerprint density at radius 1 is 0.935 bits per heavy atom. The van der Waals surface area contributed by atoms with E-state index in [1.807, 2.05) is 11.6 Å². The van der Waals surface area contributed by atoms with Crippen molar-refractivity contribution in [3.8, 4) is 0 Å². The van der Waals surface area contributed by atoms with Crippen LogP contribution in [0.1, 0.15) is 5.56 Å². The number of aromatic nitrogens is 6. The number of hydrogen-bond donors (Lipinski definition) is 0. The standard InChI is InChI=1S/C21H21FN8O/c1-27-14-25-20-19(27)21(24-13-23-20)29-10-8-28(9-11-29)17-6-7-18(31)30(26-17)12-15-2-4-16(22)5-3-15/h2-7,13-14H,8-12H2,1H3. The molecule has 1 aromatic carbocycles. The Hall–Kier alpha value is -3.82. The number of benzene rings is 1. The van der Waals surface area contributed by atoms with Crippen LogP contribution in [0, 0.1) is 5.82 Å². The molecule has 0 saturated carbocycles. The summed E-state index contributed by atoms with van der Waals surface area (Å²) in [5.41, 5.74) is 2.24. The summed E-state index contributed by atoms with van der Waals surface area (Å²) in [6.45, 7) is 3.30. The number of nitrogens with zero attached hydrogens (tertiary/aromatic N) is 8. The molecule has 158 valence electrons. The number of piperazine rings is 1. The van der Waals surface area contributed by atoms with Crippen LogP contribution in [0.2, 0.25) is 0 Å². The van der Waals surface area contributed by atoms with Crippen LogP contribution in [0.4, 0.5) is 16.0 Å². The molecule has 1 fully saturated rings. The molecule has 0 bridgehead atoms. The highest BCUT2D eigenvalue weighted by molar-refractivity contribution is 5.83. The Morgan fingerprint density at radius 2 is 1.68 bits per heavy atom. The van der Waals surface area contributed by atoms with Gasteiger partial charge in [0.05, 0.1) is 12.9 Å². The van der Waals surface area contributed by atoms with Crippen LogP contribution in [0.3, 0.4) is 0 Å². The van der Waals surface area contributed by atoms with Crippen molar-refractivity contribution in [1.82, 2.24) is 29.3 Å². The summed E-state index contributed by atoms with van der Waals surface area (Å²) in [5, 5.41) is 4.55. The van der Waals surface area contributed by atoms with Gasteiger partial charge in [-0.1, -0.05) is 12.1 Å². The zero-order valence-corrected chi connectivity index (χ0v) is 17.0. The first-order valence-electron chi connectivity index (χ1n) is 10.0. The van der Waals surface area contributed by atoms with Gasteiger partial charge in [-0.2, -0.15) is 5.10 Å². The number of imidazole rings is 1. The molecule has 0 radical (unpaired) electrons. The number of fused-ring (bicyclic) bond motifs is 1. The minimum Gasteiger partial charge on any atom is -0.352 e. The predicted molar refractivity (Wildman–Crippen MR) is 115 cm³/mol. The molecular formula is C21H21FN8O. The number of hydrogen-bond acceptors (Lipinski definition) is 7. The van der Waals surface area contributed by atoms with Crippen molar-refractivity contribution >= 4 is 22.8 Å². The van der Waals surface area contributed by atoms with E-state index in [1.54, 1.807) is 30.9 Å². The lowest BCUT2D eigenvalue weighted by atomic mass is 10.2. The molecule has 4 heterocycles. The van der Waals surface area contributed by atoms with Crippen molar-refractivity contribution in [2.45, 2.75) is 6.54 Å². The molecule has 9 nitrogen and oxygen atoms in total. The Bertz CT molecular complexity index is 1270. The van der Waals surface area contributed by atoms with Gasteiger partial charge in [0.25, 0.3) is 5.56 Å². The molecule has 0 unspecified atom stereocenters. The first kappa shape index (κ1) is 19.2. The van der Waals surface area contributed by atoms with Gasteiger partial charge in [-0.05, 0) is 23.8 Å². The van der Waals surface area contributed by atoms with E-state index in [0.717, 1.165) is 48.9 Å². The zero-order chi connectivity index (χ0) is 21.4. The molecule has 0 N–H and O–H groups in total. The molecule has 0 spiro atoms. The molecule has 1 saturated heterocycles. The summed E-state index contributed by atoms with van der Waals surface area (Å²) >= 11 is 0. The average molecular weight is 420 g/mol. The van der Waals surface area contributed by atoms with Crippen LogP contribution in [-0.2, 0) is 13.6 Å². The number of anilines is 2. The monoisotopic (exact) mass is 420 g/mol. The predicted octanol–water partition coefficient (Wildman–Crippen LogP) is 1.43. The van der Waals surface area contributed by atoms with Crippen LogP contribution in [0.5, 0.6) is 0 Å². The minimum absolute atomic E-state index is 0.189. The lowest BCUT2D eigenvalue weighted by Crippen LogP contribution is -2.47. The Balaban J connectivity index is 1.33. The first-order chi connectivity index (χ1) is 15.1. The number of halogens is 1. The third-order valence-electron chi connectivity index (χ3n) is 5.49. The number of rotatable bonds is 4. The van der Waals surface area contributed by atoms with Crippen molar-refractivity contribution in [2.24, 2.45) is 7.05 Å². The molecule has 4 aromatic rings. The van der Waals surface area contributed by atoms with Crippen LogP contribution in [-0.4, -0.2) is 55.5 Å². The molecule has 0 atom stereocenters. The topological polar surface area (TPSA) is 85.0 Å². The van der Waals surface area contributed by atoms with Gasteiger partial charge >= 0.3 is 0 Å². The van der Waals surface area contributed by atoms with E-state index in [4.69, 9.17) is 0 Å². The maximum atomic E-state index is 13.1. The fraction of sp³-hybridized carbons (Fsp3) is 0.286. The van der Waals surface area contributed by atoms with Gasteiger partial charge in [0.2, 0.25) is 0 Å². The molecule has 1 aliphatic heterocycles. The summed E-state index contributed by atoms with van der Waals surface area (Å²) in [4.78, 5) is 29.7. The van der Waals surface area contributed by atoms with Crippen molar-refractivity contribution in [1.29, 1.82) is 0 Å². The van der Waals surface area contributed by atoms with Crippen LogP contribution in [0.25, 0.3) is 11.2 Å². The third kappa shape index (κ3) is 3.72. The summed E-state index contributed by atoms with van der Waals surface area (Å²) < 4.78 is 16.5. The van der Waals surface area contributed by atoms with Crippen molar-refractivity contribution < 1.29 is 4.39 Å². The molecule has 0 amide bonds. The summed E-state index contributed by atoms with van der Waals surface area (Å²) in [6.07, 6.45) is 3.29. The summed E-state index contributed by atoms with van der Waals surface area (Å²) in [6, 6.07) is 9.38. The van der Waals surface area contributed by atoms with Crippen molar-refractivity contribution in [3.05, 3.63) is 70.8 Å². The first-order valence-corrected chi connectivity index (χ1v) is 10.0. The van der Waals surface area contributed by atoms with Gasteiger partial charge in [0, 0.05) is 39.3 Å². The maximum absolute atomic E-state index is 13.1. The lowest BCUT2D eigenvalue weighted by Gasteiger charge is -2.36. The summed E-state index contributed by atoms with van der Waals surface area (Å²) in [7, 11) is 1.94. The molecule has 1 aliphatic rings. The second-order valence-electron chi connectivity index (χ2n) is 7.51. The van der Waals surface area contributed by atoms with Gasteiger partial charge in [-0.15, -0.1) is 0 Å². The lowest BCUT2D eigenvalue weighted by molar-refractivity contribution is 0.597. The van der Waals surface area contributed by atoms with Gasteiger partial charge in [0.15, 0.2) is 11.5 Å². The van der Waals surface area contributed by atoms with E-state index in [2.05, 4.69) is 29.9 Å².